The Morgan fingerprint density at radius 2 is 1.63 bits per heavy atom. The minimum atomic E-state index is -1.10. The number of aromatic hydroxyl groups is 1. The van der Waals surface area contributed by atoms with E-state index in [-0.39, 0.29) is 22.8 Å². The lowest BCUT2D eigenvalue weighted by Gasteiger charge is -2.10. The zero-order valence-corrected chi connectivity index (χ0v) is 13.9. The summed E-state index contributed by atoms with van der Waals surface area (Å²) in [4.78, 5) is 39.6. The summed E-state index contributed by atoms with van der Waals surface area (Å²) in [7, 11) is 0. The average molecular weight is 365 g/mol. The van der Waals surface area contributed by atoms with Crippen molar-refractivity contribution in [3.63, 3.8) is 0 Å². The van der Waals surface area contributed by atoms with Crippen LogP contribution in [-0.4, -0.2) is 27.8 Å². The fourth-order valence-electron chi connectivity index (χ4n) is 2.31. The fraction of sp³-hybridized carbons (Fsp3) is 0. The number of anilines is 2. The number of phenolic OH excluding ortho intramolecular Hbond substituents is 1. The normalized spacial score (nSPS) is 10.2. The monoisotopic (exact) mass is 365 g/mol. The molecule has 0 fully saturated rings. The molecular formula is C18H15N5O4. The van der Waals surface area contributed by atoms with Crippen LogP contribution in [0.1, 0.15) is 10.4 Å². The number of benzene rings is 2. The Morgan fingerprint density at radius 1 is 0.926 bits per heavy atom. The quantitative estimate of drug-likeness (QED) is 0.337. The number of nitrogens with two attached hydrogens (primary N) is 1. The van der Waals surface area contributed by atoms with Crippen LogP contribution >= 0.6 is 0 Å². The van der Waals surface area contributed by atoms with Gasteiger partial charge < -0.3 is 16.2 Å². The molecule has 0 radical (unpaired) electrons. The number of carbonyl (C=O) groups excluding carboxylic acids is 3. The molecule has 6 N–H and O–H groups in total. The maximum atomic E-state index is 12.2. The molecule has 9 nitrogen and oxygen atoms in total. The van der Waals surface area contributed by atoms with Gasteiger partial charge in [-0.25, -0.2) is 4.98 Å². The molecule has 0 aliphatic heterocycles. The first-order chi connectivity index (χ1) is 12.9. The molecule has 3 aromatic rings. The van der Waals surface area contributed by atoms with Crippen molar-refractivity contribution >= 4 is 40.0 Å². The predicted molar refractivity (Wildman–Crippen MR) is 98.5 cm³/mol. The van der Waals surface area contributed by atoms with E-state index in [1.165, 1.54) is 30.5 Å². The number of amides is 3. The SMILES string of the molecule is Nc1ccc(NC(=O)C(=O)NNC(=O)c2cc3ccccc3cc2O)cn1. The van der Waals surface area contributed by atoms with Gasteiger partial charge in [-0.3, -0.25) is 25.2 Å². The summed E-state index contributed by atoms with van der Waals surface area (Å²) >= 11 is 0. The van der Waals surface area contributed by atoms with Gasteiger partial charge in [-0.05, 0) is 35.0 Å². The highest BCUT2D eigenvalue weighted by Crippen LogP contribution is 2.24. The molecule has 0 atom stereocenters. The topological polar surface area (TPSA) is 146 Å². The van der Waals surface area contributed by atoms with E-state index in [1.54, 1.807) is 24.3 Å². The lowest BCUT2D eigenvalue weighted by atomic mass is 10.1. The highest BCUT2D eigenvalue weighted by atomic mass is 16.3. The Bertz CT molecular complexity index is 1030. The number of pyridine rings is 1. The Hall–Kier alpha value is -4.14. The molecule has 0 spiro atoms. The van der Waals surface area contributed by atoms with Crippen LogP contribution in [0.2, 0.25) is 0 Å². The number of aromatic nitrogens is 1. The van der Waals surface area contributed by atoms with Crippen molar-refractivity contribution in [2.45, 2.75) is 0 Å². The molecule has 1 heterocycles. The molecule has 3 amide bonds. The molecule has 136 valence electrons. The summed E-state index contributed by atoms with van der Waals surface area (Å²) in [5.41, 5.74) is 9.72. The third kappa shape index (κ3) is 4.10. The van der Waals surface area contributed by atoms with Gasteiger partial charge in [-0.1, -0.05) is 24.3 Å². The Balaban J connectivity index is 1.63. The minimum Gasteiger partial charge on any atom is -0.507 e. The van der Waals surface area contributed by atoms with Crippen molar-refractivity contribution in [3.8, 4) is 5.75 Å². The third-order valence-electron chi connectivity index (χ3n) is 3.65. The Morgan fingerprint density at radius 3 is 2.30 bits per heavy atom. The molecule has 1 aromatic heterocycles. The Labute approximate surface area is 153 Å². The van der Waals surface area contributed by atoms with Gasteiger partial charge in [0.15, 0.2) is 0 Å². The minimum absolute atomic E-state index is 0.0443. The summed E-state index contributed by atoms with van der Waals surface area (Å²) < 4.78 is 0. The number of phenols is 1. The van der Waals surface area contributed by atoms with E-state index in [2.05, 4.69) is 15.7 Å². The van der Waals surface area contributed by atoms with Crippen LogP contribution in [-0.2, 0) is 9.59 Å². The summed E-state index contributed by atoms with van der Waals surface area (Å²) in [5.74, 6) is -2.86. The molecule has 9 heteroatoms. The van der Waals surface area contributed by atoms with E-state index in [1.807, 2.05) is 5.43 Å². The van der Waals surface area contributed by atoms with Crippen molar-refractivity contribution in [3.05, 3.63) is 60.3 Å². The van der Waals surface area contributed by atoms with E-state index in [9.17, 15) is 19.5 Å². The van der Waals surface area contributed by atoms with Gasteiger partial charge >= 0.3 is 11.8 Å². The second-order valence-corrected chi connectivity index (χ2v) is 5.55. The summed E-state index contributed by atoms with van der Waals surface area (Å²) in [6, 6.07) is 13.0. The zero-order chi connectivity index (χ0) is 19.4. The smallest absolute Gasteiger partial charge is 0.328 e. The van der Waals surface area contributed by atoms with Crippen LogP contribution in [0.3, 0.4) is 0 Å². The van der Waals surface area contributed by atoms with Gasteiger partial charge in [0, 0.05) is 0 Å². The number of fused-ring (bicyclic) bond motifs is 1. The lowest BCUT2D eigenvalue weighted by Crippen LogP contribution is -2.46. The molecule has 27 heavy (non-hydrogen) atoms. The van der Waals surface area contributed by atoms with E-state index in [0.29, 0.717) is 0 Å². The van der Waals surface area contributed by atoms with Gasteiger partial charge in [0.2, 0.25) is 0 Å². The van der Waals surface area contributed by atoms with Crippen molar-refractivity contribution in [1.29, 1.82) is 0 Å². The number of nitrogens with zero attached hydrogens (tertiary/aromatic N) is 1. The van der Waals surface area contributed by atoms with E-state index < -0.39 is 17.7 Å². The van der Waals surface area contributed by atoms with Crippen LogP contribution < -0.4 is 21.9 Å². The first-order valence-electron chi connectivity index (χ1n) is 7.79. The van der Waals surface area contributed by atoms with E-state index >= 15 is 0 Å². The van der Waals surface area contributed by atoms with E-state index in [0.717, 1.165) is 10.8 Å². The summed E-state index contributed by atoms with van der Waals surface area (Å²) in [6.45, 7) is 0. The maximum absolute atomic E-state index is 12.2. The molecule has 0 saturated carbocycles. The van der Waals surface area contributed by atoms with Crippen LogP contribution in [0, 0.1) is 0 Å². The number of nitrogens with one attached hydrogen (secondary N) is 3. The summed E-state index contributed by atoms with van der Waals surface area (Å²) in [6.07, 6.45) is 1.28. The number of carbonyl (C=O) groups is 3. The molecule has 0 aliphatic rings. The third-order valence-corrected chi connectivity index (χ3v) is 3.65. The van der Waals surface area contributed by atoms with Crippen LogP contribution in [0.4, 0.5) is 11.5 Å². The first kappa shape index (κ1) is 17.7. The van der Waals surface area contributed by atoms with Gasteiger partial charge in [0.1, 0.15) is 11.6 Å². The van der Waals surface area contributed by atoms with Gasteiger partial charge in [-0.15, -0.1) is 0 Å². The highest BCUT2D eigenvalue weighted by molar-refractivity contribution is 6.39. The largest absolute Gasteiger partial charge is 0.507 e. The fourth-order valence-corrected chi connectivity index (χ4v) is 2.31. The van der Waals surface area contributed by atoms with Gasteiger partial charge in [0.05, 0.1) is 17.4 Å². The summed E-state index contributed by atoms with van der Waals surface area (Å²) in [5, 5.41) is 13.8. The molecular weight excluding hydrogens is 350 g/mol. The van der Waals surface area contributed by atoms with Crippen molar-refractivity contribution in [2.75, 3.05) is 11.1 Å². The molecule has 3 rings (SSSR count). The van der Waals surface area contributed by atoms with Crippen LogP contribution in [0.25, 0.3) is 10.8 Å². The number of rotatable bonds is 2. The molecule has 0 bridgehead atoms. The van der Waals surface area contributed by atoms with Gasteiger partial charge in [-0.2, -0.15) is 0 Å². The van der Waals surface area contributed by atoms with E-state index in [4.69, 9.17) is 5.73 Å². The number of nitrogen functional groups attached to an aromatic ring is 1. The zero-order valence-electron chi connectivity index (χ0n) is 13.9. The molecule has 0 aliphatic carbocycles. The van der Waals surface area contributed by atoms with Crippen LogP contribution in [0.5, 0.6) is 5.75 Å². The molecule has 0 unspecified atom stereocenters. The highest BCUT2D eigenvalue weighted by Gasteiger charge is 2.17. The van der Waals surface area contributed by atoms with Crippen LogP contribution in [0.15, 0.2) is 54.7 Å². The first-order valence-corrected chi connectivity index (χ1v) is 7.79. The number of hydrazine groups is 1. The Kier molecular flexibility index (Phi) is 4.84. The van der Waals surface area contributed by atoms with Crippen molar-refractivity contribution in [2.24, 2.45) is 0 Å². The maximum Gasteiger partial charge on any atom is 0.328 e. The van der Waals surface area contributed by atoms with Crippen molar-refractivity contribution in [1.82, 2.24) is 15.8 Å². The molecule has 2 aromatic carbocycles. The standard InChI is InChI=1S/C18H15N5O4/c19-15-6-5-12(9-20-15)21-17(26)18(27)23-22-16(25)13-7-10-3-1-2-4-11(10)8-14(13)24/h1-9,24H,(H2,19,20)(H,21,26)(H,22,25)(H,23,27). The average Bonchev–Trinajstić information content (AvgIpc) is 2.67. The predicted octanol–water partition coefficient (Wildman–Crippen LogP) is 0.922. The number of hydrogen-bond acceptors (Lipinski definition) is 6. The van der Waals surface area contributed by atoms with Crippen molar-refractivity contribution < 1.29 is 19.5 Å². The molecule has 0 saturated heterocycles. The second kappa shape index (κ2) is 7.40. The lowest BCUT2D eigenvalue weighted by molar-refractivity contribution is -0.136. The number of hydrogen-bond donors (Lipinski definition) is 5. The van der Waals surface area contributed by atoms with Gasteiger partial charge in [0.25, 0.3) is 5.91 Å². The second-order valence-electron chi connectivity index (χ2n) is 5.55.